The summed E-state index contributed by atoms with van der Waals surface area (Å²) < 4.78 is 26.2. The largest absolute Gasteiger partial charge is 0.398 e. The van der Waals surface area contributed by atoms with E-state index in [4.69, 9.17) is 17.3 Å². The summed E-state index contributed by atoms with van der Waals surface area (Å²) in [4.78, 5) is 11.1. The lowest BCUT2D eigenvalue weighted by Crippen LogP contribution is -2.43. The van der Waals surface area contributed by atoms with Gasteiger partial charge < -0.3 is 11.1 Å². The summed E-state index contributed by atoms with van der Waals surface area (Å²) in [5.74, 6) is -0.445. The number of sulfonamides is 1. The molecule has 0 bridgehead atoms. The lowest BCUT2D eigenvalue weighted by atomic mass is 10.3. The van der Waals surface area contributed by atoms with Crippen LogP contribution in [0.3, 0.4) is 0 Å². The number of nitrogen functional groups attached to an aromatic ring is 1. The molecule has 100 valence electrons. The van der Waals surface area contributed by atoms with Crippen molar-refractivity contribution in [2.75, 3.05) is 12.8 Å². The van der Waals surface area contributed by atoms with Gasteiger partial charge in [-0.1, -0.05) is 11.6 Å². The van der Waals surface area contributed by atoms with E-state index in [9.17, 15) is 13.2 Å². The Hall–Kier alpha value is -1.31. The molecule has 1 rings (SSSR count). The number of likely N-dealkylation sites (N-methyl/N-ethyl adjacent to an activating group) is 1. The van der Waals surface area contributed by atoms with Crippen LogP contribution >= 0.6 is 11.6 Å². The Labute approximate surface area is 111 Å². The Morgan fingerprint density at radius 3 is 2.61 bits per heavy atom. The summed E-state index contributed by atoms with van der Waals surface area (Å²) in [5.41, 5.74) is 5.65. The Bertz CT molecular complexity index is 559. The summed E-state index contributed by atoms with van der Waals surface area (Å²) in [6.07, 6.45) is 0. The predicted octanol–water partition coefficient (Wildman–Crippen LogP) is 0.335. The molecule has 1 aromatic carbocycles. The minimum Gasteiger partial charge on any atom is -0.398 e. The summed E-state index contributed by atoms with van der Waals surface area (Å²) in [6, 6.07) is 3.20. The maximum Gasteiger partial charge on any atom is 0.243 e. The molecule has 1 aromatic rings. The molecule has 1 amide bonds. The van der Waals surface area contributed by atoms with Crippen LogP contribution in [0.1, 0.15) is 6.92 Å². The number of halogens is 1. The number of rotatable bonds is 4. The standard InChI is InChI=1S/C10H14ClN3O3S/c1-6(10(15)13-2)14-18(16,17)9-5-7(11)3-4-8(9)12/h3-6,14H,12H2,1-2H3,(H,13,15). The van der Waals surface area contributed by atoms with Gasteiger partial charge in [0.05, 0.1) is 11.7 Å². The van der Waals surface area contributed by atoms with Gasteiger partial charge in [-0.3, -0.25) is 4.79 Å². The molecular weight excluding hydrogens is 278 g/mol. The smallest absolute Gasteiger partial charge is 0.243 e. The summed E-state index contributed by atoms with van der Waals surface area (Å²) in [6.45, 7) is 1.43. The monoisotopic (exact) mass is 291 g/mol. The van der Waals surface area contributed by atoms with E-state index < -0.39 is 22.0 Å². The highest BCUT2D eigenvalue weighted by Crippen LogP contribution is 2.22. The lowest BCUT2D eigenvalue weighted by Gasteiger charge is -2.14. The molecule has 4 N–H and O–H groups in total. The van der Waals surface area contributed by atoms with E-state index in [1.165, 1.54) is 32.2 Å². The zero-order chi connectivity index (χ0) is 13.9. The molecule has 0 saturated heterocycles. The molecule has 0 aliphatic rings. The Kier molecular flexibility index (Phi) is 4.55. The van der Waals surface area contributed by atoms with Crippen molar-refractivity contribution in [3.8, 4) is 0 Å². The van der Waals surface area contributed by atoms with Crippen LogP contribution in [0.25, 0.3) is 0 Å². The molecule has 1 unspecified atom stereocenters. The second kappa shape index (κ2) is 5.55. The van der Waals surface area contributed by atoms with Crippen LogP contribution in [-0.4, -0.2) is 27.4 Å². The number of carbonyl (C=O) groups is 1. The van der Waals surface area contributed by atoms with Crippen molar-refractivity contribution in [3.63, 3.8) is 0 Å². The van der Waals surface area contributed by atoms with Crippen molar-refractivity contribution in [2.45, 2.75) is 17.9 Å². The molecule has 8 heteroatoms. The molecule has 0 aromatic heterocycles. The SMILES string of the molecule is CNC(=O)C(C)NS(=O)(=O)c1cc(Cl)ccc1N. The van der Waals surface area contributed by atoms with Gasteiger partial charge in [-0.2, -0.15) is 4.72 Å². The van der Waals surface area contributed by atoms with Crippen molar-refractivity contribution in [1.29, 1.82) is 0 Å². The molecule has 0 radical (unpaired) electrons. The minimum atomic E-state index is -3.89. The average Bonchev–Trinajstić information content (AvgIpc) is 2.30. The first-order valence-corrected chi connectivity index (χ1v) is 6.93. The van der Waals surface area contributed by atoms with E-state index in [-0.39, 0.29) is 15.6 Å². The number of carbonyl (C=O) groups excluding carboxylic acids is 1. The molecule has 0 aliphatic heterocycles. The molecule has 18 heavy (non-hydrogen) atoms. The summed E-state index contributed by atoms with van der Waals surface area (Å²) in [7, 11) is -2.47. The first-order valence-electron chi connectivity index (χ1n) is 5.07. The van der Waals surface area contributed by atoms with Crippen molar-refractivity contribution in [3.05, 3.63) is 23.2 Å². The van der Waals surface area contributed by atoms with Crippen LogP contribution in [0.5, 0.6) is 0 Å². The minimum absolute atomic E-state index is 0.0657. The highest BCUT2D eigenvalue weighted by molar-refractivity contribution is 7.89. The second-order valence-electron chi connectivity index (χ2n) is 3.64. The first-order chi connectivity index (χ1) is 8.27. The van der Waals surface area contributed by atoms with Crippen LogP contribution < -0.4 is 15.8 Å². The molecule has 0 spiro atoms. The second-order valence-corrected chi connectivity index (χ2v) is 5.76. The fraction of sp³-hybridized carbons (Fsp3) is 0.300. The number of nitrogens with one attached hydrogen (secondary N) is 2. The van der Waals surface area contributed by atoms with Gasteiger partial charge in [-0.25, -0.2) is 8.42 Å². The van der Waals surface area contributed by atoms with E-state index in [0.29, 0.717) is 0 Å². The summed E-state index contributed by atoms with van der Waals surface area (Å²) >= 11 is 5.72. The summed E-state index contributed by atoms with van der Waals surface area (Å²) in [5, 5.41) is 2.59. The number of hydrogen-bond acceptors (Lipinski definition) is 4. The Morgan fingerprint density at radius 2 is 2.06 bits per heavy atom. The van der Waals surface area contributed by atoms with Gasteiger partial charge in [-0.15, -0.1) is 0 Å². The number of benzene rings is 1. The van der Waals surface area contributed by atoms with Gasteiger partial charge in [-0.05, 0) is 25.1 Å². The van der Waals surface area contributed by atoms with Crippen molar-refractivity contribution in [1.82, 2.24) is 10.0 Å². The van der Waals surface area contributed by atoms with E-state index in [1.807, 2.05) is 0 Å². The third-order valence-corrected chi connectivity index (χ3v) is 4.07. The molecular formula is C10H14ClN3O3S. The molecule has 0 fully saturated rings. The molecule has 0 heterocycles. The van der Waals surface area contributed by atoms with Crippen LogP contribution in [0.2, 0.25) is 5.02 Å². The first kappa shape index (κ1) is 14.7. The molecule has 6 nitrogen and oxygen atoms in total. The maximum absolute atomic E-state index is 12.0. The van der Waals surface area contributed by atoms with Gasteiger partial charge in [0.2, 0.25) is 15.9 Å². The lowest BCUT2D eigenvalue weighted by molar-refractivity contribution is -0.121. The third-order valence-electron chi connectivity index (χ3n) is 2.24. The van der Waals surface area contributed by atoms with Crippen molar-refractivity contribution in [2.24, 2.45) is 0 Å². The highest BCUT2D eigenvalue weighted by atomic mass is 35.5. The van der Waals surface area contributed by atoms with Gasteiger partial charge in [0.1, 0.15) is 4.90 Å². The zero-order valence-electron chi connectivity index (χ0n) is 9.90. The van der Waals surface area contributed by atoms with Crippen molar-refractivity contribution >= 4 is 33.2 Å². The van der Waals surface area contributed by atoms with Gasteiger partial charge >= 0.3 is 0 Å². The van der Waals surface area contributed by atoms with Gasteiger partial charge in [0.15, 0.2) is 0 Å². The van der Waals surface area contributed by atoms with Gasteiger partial charge in [0.25, 0.3) is 0 Å². The maximum atomic E-state index is 12.0. The predicted molar refractivity (Wildman–Crippen MR) is 69.7 cm³/mol. The number of hydrogen-bond donors (Lipinski definition) is 3. The average molecular weight is 292 g/mol. The fourth-order valence-corrected chi connectivity index (χ4v) is 2.90. The molecule has 0 saturated carbocycles. The van der Waals surface area contributed by atoms with Crippen molar-refractivity contribution < 1.29 is 13.2 Å². The van der Waals surface area contributed by atoms with Crippen LogP contribution in [-0.2, 0) is 14.8 Å². The zero-order valence-corrected chi connectivity index (χ0v) is 11.5. The number of nitrogens with two attached hydrogens (primary N) is 1. The van der Waals surface area contributed by atoms with E-state index in [0.717, 1.165) is 0 Å². The number of anilines is 1. The van der Waals surface area contributed by atoms with E-state index in [2.05, 4.69) is 10.0 Å². The normalized spacial score (nSPS) is 13.1. The van der Waals surface area contributed by atoms with E-state index in [1.54, 1.807) is 0 Å². The van der Waals surface area contributed by atoms with Gasteiger partial charge in [0, 0.05) is 12.1 Å². The Balaban J connectivity index is 3.07. The topological polar surface area (TPSA) is 101 Å². The van der Waals surface area contributed by atoms with Crippen LogP contribution in [0.4, 0.5) is 5.69 Å². The third kappa shape index (κ3) is 3.34. The fourth-order valence-electron chi connectivity index (χ4n) is 1.31. The highest BCUT2D eigenvalue weighted by Gasteiger charge is 2.23. The van der Waals surface area contributed by atoms with Crippen LogP contribution in [0, 0.1) is 0 Å². The number of amides is 1. The Morgan fingerprint density at radius 1 is 1.44 bits per heavy atom. The van der Waals surface area contributed by atoms with Crippen LogP contribution in [0.15, 0.2) is 23.1 Å². The van der Waals surface area contributed by atoms with E-state index >= 15 is 0 Å². The quantitative estimate of drug-likeness (QED) is 0.696. The molecule has 0 aliphatic carbocycles. The molecule has 1 atom stereocenters.